The van der Waals surface area contributed by atoms with E-state index in [1.165, 1.54) is 18.7 Å². The monoisotopic (exact) mass is 281 g/mol. The molecule has 20 heavy (non-hydrogen) atoms. The van der Waals surface area contributed by atoms with E-state index in [9.17, 15) is 4.39 Å². The van der Waals surface area contributed by atoms with Crippen molar-refractivity contribution in [3.63, 3.8) is 0 Å². The molecule has 1 saturated heterocycles. The van der Waals surface area contributed by atoms with E-state index < -0.39 is 0 Å². The number of nitrogens with zero attached hydrogens (tertiary/aromatic N) is 2. The van der Waals surface area contributed by atoms with Crippen LogP contribution in [0.5, 0.6) is 0 Å². The zero-order chi connectivity index (χ0) is 14.4. The van der Waals surface area contributed by atoms with Crippen LogP contribution < -0.4 is 5.32 Å². The van der Waals surface area contributed by atoms with Gasteiger partial charge in [-0.1, -0.05) is 0 Å². The SMILES string of the molecule is CNC(CCN1CCCC(OC)C1)c1ccc(F)cn1. The van der Waals surface area contributed by atoms with Crippen molar-refractivity contribution in [3.8, 4) is 0 Å². The van der Waals surface area contributed by atoms with E-state index in [0.29, 0.717) is 6.10 Å². The van der Waals surface area contributed by atoms with Crippen molar-refractivity contribution >= 4 is 0 Å². The average molecular weight is 281 g/mol. The minimum Gasteiger partial charge on any atom is -0.380 e. The third-order valence-electron chi connectivity index (χ3n) is 3.99. The lowest BCUT2D eigenvalue weighted by Crippen LogP contribution is -2.40. The first-order valence-electron chi connectivity index (χ1n) is 7.26. The third-order valence-corrected chi connectivity index (χ3v) is 3.99. The Kier molecular flexibility index (Phi) is 5.88. The molecule has 112 valence electrons. The summed E-state index contributed by atoms with van der Waals surface area (Å²) in [5.41, 5.74) is 0.897. The minimum atomic E-state index is -0.289. The summed E-state index contributed by atoms with van der Waals surface area (Å²) in [7, 11) is 3.71. The highest BCUT2D eigenvalue weighted by Gasteiger charge is 2.20. The van der Waals surface area contributed by atoms with Gasteiger partial charge in [0.25, 0.3) is 0 Å². The van der Waals surface area contributed by atoms with E-state index in [1.807, 2.05) is 7.05 Å². The van der Waals surface area contributed by atoms with Gasteiger partial charge in [-0.3, -0.25) is 4.98 Å². The molecule has 0 spiro atoms. The van der Waals surface area contributed by atoms with Gasteiger partial charge >= 0.3 is 0 Å². The number of rotatable bonds is 6. The molecule has 2 heterocycles. The Labute approximate surface area is 120 Å². The van der Waals surface area contributed by atoms with Gasteiger partial charge in [0, 0.05) is 20.2 Å². The number of methoxy groups -OCH3 is 1. The molecule has 0 bridgehead atoms. The molecule has 2 unspecified atom stereocenters. The highest BCUT2D eigenvalue weighted by molar-refractivity contribution is 5.09. The van der Waals surface area contributed by atoms with Crippen molar-refractivity contribution < 1.29 is 9.13 Å². The predicted molar refractivity (Wildman–Crippen MR) is 77.1 cm³/mol. The number of likely N-dealkylation sites (tertiary alicyclic amines) is 1. The first-order chi connectivity index (χ1) is 9.72. The molecule has 1 aliphatic heterocycles. The number of pyridine rings is 1. The first kappa shape index (κ1) is 15.4. The quantitative estimate of drug-likeness (QED) is 0.865. The Balaban J connectivity index is 1.85. The molecular weight excluding hydrogens is 257 g/mol. The summed E-state index contributed by atoms with van der Waals surface area (Å²) in [5.74, 6) is -0.289. The summed E-state index contributed by atoms with van der Waals surface area (Å²) in [6, 6.07) is 3.39. The fourth-order valence-corrected chi connectivity index (χ4v) is 2.75. The standard InChI is InChI=1S/C15H24FN3O/c1-17-14(15-6-5-12(16)10-18-15)7-9-19-8-3-4-13(11-19)20-2/h5-6,10,13-14,17H,3-4,7-9,11H2,1-2H3. The van der Waals surface area contributed by atoms with Crippen molar-refractivity contribution in [2.24, 2.45) is 0 Å². The molecule has 4 nitrogen and oxygen atoms in total. The highest BCUT2D eigenvalue weighted by atomic mass is 19.1. The smallest absolute Gasteiger partial charge is 0.141 e. The number of aromatic nitrogens is 1. The second-order valence-corrected chi connectivity index (χ2v) is 5.33. The van der Waals surface area contributed by atoms with E-state index in [4.69, 9.17) is 4.74 Å². The number of ether oxygens (including phenoxy) is 1. The largest absolute Gasteiger partial charge is 0.380 e. The lowest BCUT2D eigenvalue weighted by atomic mass is 10.1. The van der Waals surface area contributed by atoms with Gasteiger partial charge < -0.3 is 15.0 Å². The van der Waals surface area contributed by atoms with E-state index in [2.05, 4.69) is 15.2 Å². The minimum absolute atomic E-state index is 0.165. The molecule has 1 aliphatic rings. The van der Waals surface area contributed by atoms with Crippen molar-refractivity contribution in [3.05, 3.63) is 29.8 Å². The number of halogens is 1. The Bertz CT molecular complexity index is 399. The molecule has 2 rings (SSSR count). The van der Waals surface area contributed by atoms with Gasteiger partial charge in [-0.25, -0.2) is 4.39 Å². The van der Waals surface area contributed by atoms with Crippen LogP contribution in [0.15, 0.2) is 18.3 Å². The number of hydrogen-bond acceptors (Lipinski definition) is 4. The Morgan fingerprint density at radius 1 is 1.55 bits per heavy atom. The number of hydrogen-bond donors (Lipinski definition) is 1. The normalized spacial score (nSPS) is 21.9. The van der Waals surface area contributed by atoms with E-state index in [0.717, 1.165) is 38.2 Å². The molecule has 0 amide bonds. The van der Waals surface area contributed by atoms with Crippen molar-refractivity contribution in [2.45, 2.75) is 31.4 Å². The lowest BCUT2D eigenvalue weighted by Gasteiger charge is -2.32. The van der Waals surface area contributed by atoms with Crippen LogP contribution in [0, 0.1) is 5.82 Å². The molecule has 1 N–H and O–H groups in total. The first-order valence-corrected chi connectivity index (χ1v) is 7.26. The maximum Gasteiger partial charge on any atom is 0.141 e. The summed E-state index contributed by atoms with van der Waals surface area (Å²) in [6.45, 7) is 3.14. The molecule has 0 aromatic carbocycles. The third kappa shape index (κ3) is 4.23. The molecule has 0 saturated carbocycles. The van der Waals surface area contributed by atoms with Gasteiger partial charge in [-0.2, -0.15) is 0 Å². The van der Waals surface area contributed by atoms with E-state index in [1.54, 1.807) is 13.2 Å². The molecule has 5 heteroatoms. The van der Waals surface area contributed by atoms with E-state index >= 15 is 0 Å². The van der Waals surface area contributed by atoms with Crippen molar-refractivity contribution in [1.82, 2.24) is 15.2 Å². The van der Waals surface area contributed by atoms with Crippen LogP contribution in [0.3, 0.4) is 0 Å². The van der Waals surface area contributed by atoms with Crippen molar-refractivity contribution in [1.29, 1.82) is 0 Å². The summed E-state index contributed by atoms with van der Waals surface area (Å²) in [5, 5.41) is 3.26. The second-order valence-electron chi connectivity index (χ2n) is 5.33. The molecule has 1 fully saturated rings. The molecule has 1 aromatic heterocycles. The van der Waals surface area contributed by atoms with Gasteiger partial charge in [0.2, 0.25) is 0 Å². The van der Waals surface area contributed by atoms with Gasteiger partial charge in [-0.15, -0.1) is 0 Å². The Hall–Kier alpha value is -1.04. The van der Waals surface area contributed by atoms with Crippen LogP contribution in [0.1, 0.15) is 31.0 Å². The summed E-state index contributed by atoms with van der Waals surface area (Å²) < 4.78 is 18.3. The highest BCUT2D eigenvalue weighted by Crippen LogP contribution is 2.18. The molecular formula is C15H24FN3O. The van der Waals surface area contributed by atoms with Crippen LogP contribution in [0.2, 0.25) is 0 Å². The zero-order valence-electron chi connectivity index (χ0n) is 12.3. The average Bonchev–Trinajstić information content (AvgIpc) is 2.50. The fourth-order valence-electron chi connectivity index (χ4n) is 2.75. The lowest BCUT2D eigenvalue weighted by molar-refractivity contribution is 0.0301. The molecule has 0 aliphatic carbocycles. The fraction of sp³-hybridized carbons (Fsp3) is 0.667. The topological polar surface area (TPSA) is 37.4 Å². The van der Waals surface area contributed by atoms with E-state index in [-0.39, 0.29) is 11.9 Å². The predicted octanol–water partition coefficient (Wildman–Crippen LogP) is 1.98. The number of piperidine rings is 1. The van der Waals surface area contributed by atoms with Gasteiger partial charge in [0.1, 0.15) is 5.82 Å². The van der Waals surface area contributed by atoms with Crippen LogP contribution >= 0.6 is 0 Å². The van der Waals surface area contributed by atoms with Gasteiger partial charge in [0.05, 0.1) is 24.0 Å². The molecule has 0 radical (unpaired) electrons. The second kappa shape index (κ2) is 7.67. The van der Waals surface area contributed by atoms with Crippen molar-refractivity contribution in [2.75, 3.05) is 33.8 Å². The van der Waals surface area contributed by atoms with Crippen LogP contribution in [0.25, 0.3) is 0 Å². The number of nitrogens with one attached hydrogen (secondary N) is 1. The summed E-state index contributed by atoms with van der Waals surface area (Å²) in [6.07, 6.45) is 4.95. The zero-order valence-corrected chi connectivity index (χ0v) is 12.3. The van der Waals surface area contributed by atoms with Gasteiger partial charge in [0.15, 0.2) is 0 Å². The van der Waals surface area contributed by atoms with Gasteiger partial charge in [-0.05, 0) is 45.0 Å². The summed E-state index contributed by atoms with van der Waals surface area (Å²) in [4.78, 5) is 6.60. The Morgan fingerprint density at radius 2 is 2.40 bits per heavy atom. The maximum atomic E-state index is 12.9. The van der Waals surface area contributed by atoms with Crippen LogP contribution in [0.4, 0.5) is 4.39 Å². The molecule has 1 aromatic rings. The van der Waals surface area contributed by atoms with Crippen LogP contribution in [-0.4, -0.2) is 49.8 Å². The summed E-state index contributed by atoms with van der Waals surface area (Å²) >= 11 is 0. The maximum absolute atomic E-state index is 12.9. The Morgan fingerprint density at radius 3 is 3.05 bits per heavy atom. The van der Waals surface area contributed by atoms with Crippen LogP contribution in [-0.2, 0) is 4.74 Å². The molecule has 2 atom stereocenters.